The van der Waals surface area contributed by atoms with Crippen molar-refractivity contribution in [1.29, 1.82) is 5.26 Å². The zero-order valence-electron chi connectivity index (χ0n) is 10.2. The summed E-state index contributed by atoms with van der Waals surface area (Å²) in [5.41, 5.74) is 0.0569. The predicted octanol–water partition coefficient (Wildman–Crippen LogP) is 1.22. The van der Waals surface area contributed by atoms with E-state index >= 15 is 0 Å². The van der Waals surface area contributed by atoms with Gasteiger partial charge in [-0.15, -0.1) is 0 Å². The van der Waals surface area contributed by atoms with E-state index in [1.807, 2.05) is 11.0 Å². The van der Waals surface area contributed by atoms with Crippen LogP contribution in [0.4, 0.5) is 8.78 Å². The van der Waals surface area contributed by atoms with E-state index in [0.717, 1.165) is 12.1 Å². The molecular weight excluding hydrogens is 254 g/mol. The summed E-state index contributed by atoms with van der Waals surface area (Å²) in [6, 6.07) is 5.09. The van der Waals surface area contributed by atoms with Gasteiger partial charge >= 0.3 is 0 Å². The van der Waals surface area contributed by atoms with Gasteiger partial charge in [-0.2, -0.15) is 5.26 Å². The van der Waals surface area contributed by atoms with Crippen LogP contribution in [-0.2, 0) is 4.74 Å². The van der Waals surface area contributed by atoms with Crippen molar-refractivity contribution in [2.24, 2.45) is 0 Å². The molecule has 0 radical (unpaired) electrons. The van der Waals surface area contributed by atoms with E-state index in [9.17, 15) is 13.9 Å². The first-order chi connectivity index (χ1) is 9.10. The van der Waals surface area contributed by atoms with Crippen LogP contribution in [0.15, 0.2) is 18.2 Å². The molecule has 0 bridgehead atoms. The van der Waals surface area contributed by atoms with E-state index in [2.05, 4.69) is 0 Å². The van der Waals surface area contributed by atoms with Gasteiger partial charge in [0.1, 0.15) is 11.6 Å². The largest absolute Gasteiger partial charge is 0.387 e. The summed E-state index contributed by atoms with van der Waals surface area (Å²) in [5.74, 6) is -1.44. The fourth-order valence-electron chi connectivity index (χ4n) is 2.06. The Morgan fingerprint density at radius 3 is 3.00 bits per heavy atom. The van der Waals surface area contributed by atoms with Crippen LogP contribution < -0.4 is 0 Å². The van der Waals surface area contributed by atoms with Crippen molar-refractivity contribution in [3.63, 3.8) is 0 Å². The van der Waals surface area contributed by atoms with Gasteiger partial charge in [0, 0.05) is 31.3 Å². The lowest BCUT2D eigenvalue weighted by Gasteiger charge is -2.31. The lowest BCUT2D eigenvalue weighted by atomic mass is 10.1. The van der Waals surface area contributed by atoms with Crippen LogP contribution in [0, 0.1) is 23.0 Å². The molecule has 102 valence electrons. The van der Waals surface area contributed by atoms with Crippen LogP contribution in [0.5, 0.6) is 0 Å². The molecule has 1 aliphatic rings. The molecule has 1 saturated heterocycles. The Labute approximate surface area is 109 Å². The summed E-state index contributed by atoms with van der Waals surface area (Å²) in [5, 5.41) is 18.7. The molecule has 1 aromatic carbocycles. The van der Waals surface area contributed by atoms with Crippen LogP contribution in [0.1, 0.15) is 11.7 Å². The molecule has 1 heterocycles. The number of hydrogen-bond donors (Lipinski definition) is 1. The van der Waals surface area contributed by atoms with Gasteiger partial charge in [0.2, 0.25) is 0 Å². The fourth-order valence-corrected chi connectivity index (χ4v) is 2.06. The monoisotopic (exact) mass is 268 g/mol. The molecule has 0 spiro atoms. The minimum atomic E-state index is -1.06. The Kier molecular flexibility index (Phi) is 4.43. The number of rotatable bonds is 3. The molecule has 0 aliphatic carbocycles. The third-order valence-electron chi connectivity index (χ3n) is 3.05. The molecule has 4 nitrogen and oxygen atoms in total. The summed E-state index contributed by atoms with van der Waals surface area (Å²) >= 11 is 0. The second-order valence-corrected chi connectivity index (χ2v) is 4.43. The van der Waals surface area contributed by atoms with E-state index in [-0.39, 0.29) is 12.1 Å². The maximum absolute atomic E-state index is 13.5. The highest BCUT2D eigenvalue weighted by Gasteiger charge is 2.23. The number of halogens is 2. The smallest absolute Gasteiger partial charge is 0.156 e. The van der Waals surface area contributed by atoms with Gasteiger partial charge in [-0.3, -0.25) is 4.90 Å². The van der Waals surface area contributed by atoms with Crippen LogP contribution >= 0.6 is 0 Å². The lowest BCUT2D eigenvalue weighted by Crippen LogP contribution is -2.43. The quantitative estimate of drug-likeness (QED) is 0.895. The van der Waals surface area contributed by atoms with Crippen molar-refractivity contribution in [3.8, 4) is 6.07 Å². The highest BCUT2D eigenvalue weighted by molar-refractivity contribution is 5.21. The number of aliphatic hydroxyl groups is 1. The van der Waals surface area contributed by atoms with Crippen molar-refractivity contribution in [2.75, 3.05) is 26.2 Å². The summed E-state index contributed by atoms with van der Waals surface area (Å²) in [6.07, 6.45) is -1.59. The van der Waals surface area contributed by atoms with Crippen LogP contribution in [0.25, 0.3) is 0 Å². The average molecular weight is 268 g/mol. The SMILES string of the molecule is N#CC1CN(CC(O)c2ccc(F)cc2F)CCO1. The molecule has 2 unspecified atom stereocenters. The molecule has 0 saturated carbocycles. The molecule has 1 aliphatic heterocycles. The Morgan fingerprint density at radius 1 is 1.53 bits per heavy atom. The first-order valence-corrected chi connectivity index (χ1v) is 5.96. The number of aliphatic hydroxyl groups excluding tert-OH is 1. The fraction of sp³-hybridized carbons (Fsp3) is 0.462. The maximum atomic E-state index is 13.5. The molecule has 1 aromatic rings. The number of morpholine rings is 1. The van der Waals surface area contributed by atoms with Gasteiger partial charge in [0.25, 0.3) is 0 Å². The van der Waals surface area contributed by atoms with E-state index < -0.39 is 23.8 Å². The van der Waals surface area contributed by atoms with Crippen molar-refractivity contribution in [3.05, 3.63) is 35.4 Å². The number of nitrogens with zero attached hydrogens (tertiary/aromatic N) is 2. The highest BCUT2D eigenvalue weighted by Crippen LogP contribution is 2.20. The van der Waals surface area contributed by atoms with Gasteiger partial charge in [-0.05, 0) is 6.07 Å². The van der Waals surface area contributed by atoms with E-state index in [0.29, 0.717) is 19.7 Å². The number of hydrogen-bond acceptors (Lipinski definition) is 4. The highest BCUT2D eigenvalue weighted by atomic mass is 19.1. The van der Waals surface area contributed by atoms with Crippen molar-refractivity contribution in [2.45, 2.75) is 12.2 Å². The Balaban J connectivity index is 2.00. The number of ether oxygens (including phenoxy) is 1. The Bertz CT molecular complexity index is 490. The summed E-state index contributed by atoms with van der Waals surface area (Å²) < 4.78 is 31.5. The third kappa shape index (κ3) is 3.47. The minimum absolute atomic E-state index is 0.0569. The first kappa shape index (κ1) is 13.9. The zero-order chi connectivity index (χ0) is 13.8. The summed E-state index contributed by atoms with van der Waals surface area (Å²) in [6.45, 7) is 1.52. The van der Waals surface area contributed by atoms with E-state index in [1.165, 1.54) is 6.07 Å². The average Bonchev–Trinajstić information content (AvgIpc) is 2.38. The molecule has 1 N–H and O–H groups in total. The topological polar surface area (TPSA) is 56.5 Å². The molecule has 19 heavy (non-hydrogen) atoms. The molecular formula is C13H14F2N2O2. The van der Waals surface area contributed by atoms with Gasteiger partial charge in [-0.25, -0.2) is 8.78 Å². The molecule has 0 aromatic heterocycles. The van der Waals surface area contributed by atoms with Crippen molar-refractivity contribution < 1.29 is 18.6 Å². The molecule has 6 heteroatoms. The van der Waals surface area contributed by atoms with Gasteiger partial charge in [-0.1, -0.05) is 6.07 Å². The normalized spacial score (nSPS) is 21.9. The Morgan fingerprint density at radius 2 is 2.32 bits per heavy atom. The maximum Gasteiger partial charge on any atom is 0.156 e. The standard InChI is InChI=1S/C13H14F2N2O2/c14-9-1-2-11(12(15)5-9)13(18)8-17-3-4-19-10(6-16)7-17/h1-2,5,10,13,18H,3-4,7-8H2. The van der Waals surface area contributed by atoms with Gasteiger partial charge in [0.05, 0.1) is 18.8 Å². The second-order valence-electron chi connectivity index (χ2n) is 4.43. The van der Waals surface area contributed by atoms with E-state index in [4.69, 9.17) is 10.00 Å². The molecule has 0 amide bonds. The Hall–Kier alpha value is -1.55. The predicted molar refractivity (Wildman–Crippen MR) is 63.1 cm³/mol. The van der Waals surface area contributed by atoms with Crippen LogP contribution in [0.2, 0.25) is 0 Å². The van der Waals surface area contributed by atoms with Crippen molar-refractivity contribution in [1.82, 2.24) is 4.90 Å². The van der Waals surface area contributed by atoms with Crippen LogP contribution in [0.3, 0.4) is 0 Å². The third-order valence-corrected chi connectivity index (χ3v) is 3.05. The zero-order valence-corrected chi connectivity index (χ0v) is 10.2. The minimum Gasteiger partial charge on any atom is -0.387 e. The van der Waals surface area contributed by atoms with Crippen LogP contribution in [-0.4, -0.2) is 42.4 Å². The first-order valence-electron chi connectivity index (χ1n) is 5.96. The van der Waals surface area contributed by atoms with Gasteiger partial charge < -0.3 is 9.84 Å². The summed E-state index contributed by atoms with van der Waals surface area (Å²) in [7, 11) is 0. The lowest BCUT2D eigenvalue weighted by molar-refractivity contribution is -0.0163. The number of benzene rings is 1. The molecule has 2 rings (SSSR count). The van der Waals surface area contributed by atoms with E-state index in [1.54, 1.807) is 0 Å². The molecule has 2 atom stereocenters. The second kappa shape index (κ2) is 6.06. The number of β-amino-alcohol motifs (C(OH)–C–C–N with tert-alkyl or cyclic N) is 1. The summed E-state index contributed by atoms with van der Waals surface area (Å²) in [4.78, 5) is 1.82. The number of nitriles is 1. The molecule has 1 fully saturated rings. The van der Waals surface area contributed by atoms with Crippen molar-refractivity contribution >= 4 is 0 Å². The van der Waals surface area contributed by atoms with Gasteiger partial charge in [0.15, 0.2) is 6.10 Å².